The molecule has 2 aromatic carbocycles. The lowest BCUT2D eigenvalue weighted by Crippen LogP contribution is -2.63. The minimum atomic E-state index is 0.664. The van der Waals surface area contributed by atoms with Crippen LogP contribution in [0.5, 0.6) is 0 Å². The fourth-order valence-corrected chi connectivity index (χ4v) is 9.03. The van der Waals surface area contributed by atoms with E-state index in [1.165, 1.54) is 148 Å². The topological polar surface area (TPSA) is 31.5 Å². The lowest BCUT2D eigenvalue weighted by molar-refractivity contribution is -0.0581. The summed E-state index contributed by atoms with van der Waals surface area (Å²) in [6.45, 7) is 23.7. The van der Waals surface area contributed by atoms with E-state index in [2.05, 4.69) is 95.4 Å². The van der Waals surface area contributed by atoms with Gasteiger partial charge >= 0.3 is 0 Å². The fourth-order valence-electron chi connectivity index (χ4n) is 9.03. The second-order valence-corrected chi connectivity index (χ2v) is 14.9. The number of piperidine rings is 1. The summed E-state index contributed by atoms with van der Waals surface area (Å²) < 4.78 is 0. The van der Waals surface area contributed by atoms with Crippen molar-refractivity contribution in [1.29, 1.82) is 0 Å². The van der Waals surface area contributed by atoms with Crippen LogP contribution in [-0.2, 0) is 0 Å². The van der Waals surface area contributed by atoms with Crippen molar-refractivity contribution in [3.63, 3.8) is 0 Å². The minimum absolute atomic E-state index is 0.664. The molecule has 0 radical (unpaired) electrons. The summed E-state index contributed by atoms with van der Waals surface area (Å²) in [4.78, 5) is 15.7. The van der Waals surface area contributed by atoms with Gasteiger partial charge in [0.25, 0.3) is 0 Å². The Morgan fingerprint density at radius 2 is 0.870 bits per heavy atom. The summed E-state index contributed by atoms with van der Waals surface area (Å²) in [7, 11) is 0. The summed E-state index contributed by atoms with van der Waals surface area (Å²) in [6, 6.07) is 21.7. The zero-order chi connectivity index (χ0) is 31.7. The highest BCUT2D eigenvalue weighted by atomic mass is 15.4. The molecule has 5 saturated heterocycles. The molecule has 2 aromatic rings. The number of rotatable bonds is 6. The number of para-hydroxylation sites is 2. The number of nitrogens with one attached hydrogen (secondary N) is 1. The maximum atomic E-state index is 3.49. The van der Waals surface area contributed by atoms with Crippen molar-refractivity contribution in [1.82, 2.24) is 24.9 Å². The van der Waals surface area contributed by atoms with E-state index in [0.29, 0.717) is 5.41 Å². The van der Waals surface area contributed by atoms with Gasteiger partial charge in [-0.05, 0) is 73.9 Å². The highest BCUT2D eigenvalue weighted by molar-refractivity contribution is 5.47. The van der Waals surface area contributed by atoms with Crippen molar-refractivity contribution in [3.05, 3.63) is 60.7 Å². The first-order valence-corrected chi connectivity index (χ1v) is 18.9. The molecule has 2 spiro atoms. The second-order valence-electron chi connectivity index (χ2n) is 14.9. The lowest BCUT2D eigenvalue weighted by Gasteiger charge is -2.54. The summed E-state index contributed by atoms with van der Waals surface area (Å²) in [5, 5.41) is 3.49. The van der Waals surface area contributed by atoms with Crippen LogP contribution in [0.4, 0.5) is 11.4 Å². The van der Waals surface area contributed by atoms with Crippen LogP contribution >= 0.6 is 0 Å². The van der Waals surface area contributed by atoms with Gasteiger partial charge < -0.3 is 15.1 Å². The molecule has 0 unspecified atom stereocenters. The monoisotopic (exact) mass is 630 g/mol. The Balaban J connectivity index is 0.000000153. The summed E-state index contributed by atoms with van der Waals surface area (Å²) in [5.41, 5.74) is 4.15. The molecule has 0 aromatic heterocycles. The van der Waals surface area contributed by atoms with Gasteiger partial charge in [0.05, 0.1) is 13.3 Å². The highest BCUT2D eigenvalue weighted by Gasteiger charge is 2.44. The van der Waals surface area contributed by atoms with E-state index in [-0.39, 0.29) is 0 Å². The van der Waals surface area contributed by atoms with Crippen LogP contribution in [0.15, 0.2) is 60.7 Å². The normalized spacial score (nSPS) is 25.1. The average Bonchev–Trinajstić information content (AvgIpc) is 3.10. The van der Waals surface area contributed by atoms with Gasteiger partial charge in [-0.3, -0.25) is 19.6 Å². The molecule has 5 heterocycles. The van der Waals surface area contributed by atoms with Gasteiger partial charge in [0.2, 0.25) is 0 Å². The predicted molar refractivity (Wildman–Crippen MR) is 195 cm³/mol. The van der Waals surface area contributed by atoms with Gasteiger partial charge in [-0.15, -0.1) is 0 Å². The molecule has 254 valence electrons. The van der Waals surface area contributed by atoms with E-state index in [4.69, 9.17) is 0 Å². The Kier molecular flexibility index (Phi) is 11.9. The number of benzene rings is 2. The second kappa shape index (κ2) is 16.3. The third-order valence-electron chi connectivity index (χ3n) is 11.6. The predicted octanol–water partition coefficient (Wildman–Crippen LogP) is 5.51. The first kappa shape index (κ1) is 33.7. The zero-order valence-electron chi connectivity index (χ0n) is 29.2. The van der Waals surface area contributed by atoms with Crippen LogP contribution in [0.2, 0.25) is 0 Å². The van der Waals surface area contributed by atoms with Crippen molar-refractivity contribution < 1.29 is 0 Å². The Morgan fingerprint density at radius 1 is 0.478 bits per heavy atom. The molecule has 5 aliphatic heterocycles. The maximum absolute atomic E-state index is 3.49. The lowest BCUT2D eigenvalue weighted by atomic mass is 9.69. The summed E-state index contributed by atoms with van der Waals surface area (Å²) >= 11 is 0. The third kappa shape index (κ3) is 8.65. The summed E-state index contributed by atoms with van der Waals surface area (Å²) in [6.07, 6.45) is 10.2. The van der Waals surface area contributed by atoms with Gasteiger partial charge in [0, 0.05) is 89.9 Å². The quantitative estimate of drug-likeness (QED) is 0.451. The van der Waals surface area contributed by atoms with E-state index >= 15 is 0 Å². The molecule has 6 fully saturated rings. The van der Waals surface area contributed by atoms with Gasteiger partial charge in [-0.25, -0.2) is 0 Å². The molecule has 8 rings (SSSR count). The van der Waals surface area contributed by atoms with Gasteiger partial charge in [0.1, 0.15) is 0 Å². The van der Waals surface area contributed by atoms with Crippen molar-refractivity contribution in [3.8, 4) is 0 Å². The minimum Gasteiger partial charge on any atom is -0.369 e. The van der Waals surface area contributed by atoms with Gasteiger partial charge in [-0.2, -0.15) is 0 Å². The van der Waals surface area contributed by atoms with E-state index < -0.39 is 0 Å². The zero-order valence-corrected chi connectivity index (χ0v) is 29.2. The SMILES string of the molecule is CC.c1ccc(N2CCN(CN3CC4(CCCCC4)C3)CC2)cc1.c1ccc(N2CCN(CN3CC4(CCNCC4)C3)CC2)cc1. The molecular weight excluding hydrogens is 566 g/mol. The van der Waals surface area contributed by atoms with Gasteiger partial charge in [0.15, 0.2) is 0 Å². The van der Waals surface area contributed by atoms with Crippen LogP contribution in [0.3, 0.4) is 0 Å². The highest BCUT2D eigenvalue weighted by Crippen LogP contribution is 2.43. The molecule has 1 aliphatic carbocycles. The molecule has 0 amide bonds. The van der Waals surface area contributed by atoms with Crippen LogP contribution in [0.25, 0.3) is 0 Å². The third-order valence-corrected chi connectivity index (χ3v) is 11.6. The van der Waals surface area contributed by atoms with Crippen molar-refractivity contribution in [2.75, 3.05) is 115 Å². The van der Waals surface area contributed by atoms with Crippen LogP contribution in [0, 0.1) is 10.8 Å². The largest absolute Gasteiger partial charge is 0.369 e. The average molecular weight is 630 g/mol. The van der Waals surface area contributed by atoms with Crippen LogP contribution in [0.1, 0.15) is 58.8 Å². The molecule has 6 aliphatic rings. The number of hydrogen-bond acceptors (Lipinski definition) is 7. The van der Waals surface area contributed by atoms with Crippen molar-refractivity contribution in [2.24, 2.45) is 10.8 Å². The Morgan fingerprint density at radius 3 is 1.28 bits per heavy atom. The number of likely N-dealkylation sites (tertiary alicyclic amines) is 2. The molecular formula is C39H63N7. The van der Waals surface area contributed by atoms with E-state index in [1.807, 2.05) is 13.8 Å². The van der Waals surface area contributed by atoms with E-state index in [1.54, 1.807) is 0 Å². The molecule has 46 heavy (non-hydrogen) atoms. The maximum Gasteiger partial charge on any atom is 0.0508 e. The van der Waals surface area contributed by atoms with Gasteiger partial charge in [-0.1, -0.05) is 69.5 Å². The van der Waals surface area contributed by atoms with E-state index in [0.717, 1.165) is 18.5 Å². The number of nitrogens with zero attached hydrogens (tertiary/aromatic N) is 6. The molecule has 7 heteroatoms. The molecule has 0 atom stereocenters. The first-order chi connectivity index (χ1) is 22.7. The van der Waals surface area contributed by atoms with Crippen molar-refractivity contribution >= 4 is 11.4 Å². The van der Waals surface area contributed by atoms with Crippen LogP contribution < -0.4 is 15.1 Å². The molecule has 7 nitrogen and oxygen atoms in total. The first-order valence-electron chi connectivity index (χ1n) is 18.9. The molecule has 1 saturated carbocycles. The number of anilines is 2. The van der Waals surface area contributed by atoms with E-state index in [9.17, 15) is 0 Å². The number of hydrogen-bond donors (Lipinski definition) is 1. The summed E-state index contributed by atoms with van der Waals surface area (Å²) in [5.74, 6) is 0. The molecule has 1 N–H and O–H groups in total. The standard InChI is InChI=1S/C19H29N3.C18H28N4.C2H6/c1-3-7-18(8-4-1)22-13-11-20(12-14-22)17-21-15-19(16-21)9-5-2-6-10-19;1-2-4-17(5-3-1)22-12-10-20(11-13-22)16-21-14-18(15-21)6-8-19-9-7-18;1-2/h1,3-4,7-8H,2,5-6,9-17H2;1-5,19H,6-16H2;1-2H3. The Labute approximate surface area is 280 Å². The Hall–Kier alpha value is -2.16. The Bertz CT molecular complexity index is 1020. The fraction of sp³-hybridized carbons (Fsp3) is 0.692. The smallest absolute Gasteiger partial charge is 0.0508 e. The number of piperazine rings is 2. The van der Waals surface area contributed by atoms with Crippen molar-refractivity contribution in [2.45, 2.75) is 58.8 Å². The van der Waals surface area contributed by atoms with Crippen LogP contribution in [-0.4, -0.2) is 125 Å². The molecule has 0 bridgehead atoms.